The molecule has 0 aliphatic heterocycles. The first-order valence-corrected chi connectivity index (χ1v) is 8.99. The first kappa shape index (κ1) is 19.6. The van der Waals surface area contributed by atoms with Gasteiger partial charge in [0.15, 0.2) is 0 Å². The molecule has 6 nitrogen and oxygen atoms in total. The smallest absolute Gasteiger partial charge is 0.316 e. The molecule has 1 aromatic heterocycles. The Kier molecular flexibility index (Phi) is 5.80. The zero-order valence-corrected chi connectivity index (χ0v) is 16.3. The van der Waals surface area contributed by atoms with Crippen molar-refractivity contribution in [1.29, 1.82) is 0 Å². The minimum atomic E-state index is -0.799. The van der Waals surface area contributed by atoms with E-state index in [0.717, 1.165) is 11.1 Å². The van der Waals surface area contributed by atoms with Crippen LogP contribution < -0.4 is 10.5 Å². The number of halogens is 1. The summed E-state index contributed by atoms with van der Waals surface area (Å²) in [5.74, 6) is 0.576. The highest BCUT2D eigenvalue weighted by molar-refractivity contribution is 6.29. The van der Waals surface area contributed by atoms with Gasteiger partial charge >= 0.3 is 5.97 Å². The third kappa shape index (κ3) is 4.40. The molecule has 2 N–H and O–H groups in total. The van der Waals surface area contributed by atoms with Gasteiger partial charge in [-0.05, 0) is 36.6 Å². The predicted octanol–water partition coefficient (Wildman–Crippen LogP) is 4.18. The molecule has 7 heteroatoms. The van der Waals surface area contributed by atoms with Crippen LogP contribution in [0.25, 0.3) is 0 Å². The number of benzene rings is 2. The highest BCUT2D eigenvalue weighted by Crippen LogP contribution is 2.31. The molecule has 2 aromatic carbocycles. The van der Waals surface area contributed by atoms with Crippen LogP contribution >= 0.6 is 11.6 Å². The van der Waals surface area contributed by atoms with E-state index in [0.29, 0.717) is 12.2 Å². The van der Waals surface area contributed by atoms with Crippen molar-refractivity contribution in [3.63, 3.8) is 0 Å². The molecule has 0 radical (unpaired) electrons. The second kappa shape index (κ2) is 8.27. The summed E-state index contributed by atoms with van der Waals surface area (Å²) < 4.78 is 10.7. The number of hydrogen-bond acceptors (Lipinski definition) is 6. The number of aromatic nitrogens is 2. The number of nitrogens with two attached hydrogens (primary N) is 1. The number of esters is 1. The van der Waals surface area contributed by atoms with Gasteiger partial charge < -0.3 is 15.2 Å². The van der Waals surface area contributed by atoms with Crippen molar-refractivity contribution < 1.29 is 14.3 Å². The van der Waals surface area contributed by atoms with E-state index in [-0.39, 0.29) is 23.0 Å². The highest BCUT2D eigenvalue weighted by atomic mass is 35.5. The van der Waals surface area contributed by atoms with Crippen molar-refractivity contribution in [3.8, 4) is 11.6 Å². The Bertz CT molecular complexity index is 944. The van der Waals surface area contributed by atoms with Crippen LogP contribution in [-0.4, -0.2) is 23.0 Å². The van der Waals surface area contributed by atoms with Gasteiger partial charge in [-0.2, -0.15) is 4.98 Å². The number of anilines is 1. The molecule has 1 atom stereocenters. The summed E-state index contributed by atoms with van der Waals surface area (Å²) >= 11 is 5.86. The van der Waals surface area contributed by atoms with E-state index in [9.17, 15) is 4.79 Å². The summed E-state index contributed by atoms with van der Waals surface area (Å²) in [4.78, 5) is 20.3. The van der Waals surface area contributed by atoms with Crippen molar-refractivity contribution in [2.24, 2.45) is 0 Å². The van der Waals surface area contributed by atoms with Crippen molar-refractivity contribution in [2.75, 3.05) is 12.8 Å². The van der Waals surface area contributed by atoms with Crippen molar-refractivity contribution in [2.45, 2.75) is 18.8 Å². The van der Waals surface area contributed by atoms with E-state index in [1.165, 1.54) is 13.2 Å². The molecule has 0 bridgehead atoms. The standard InChI is InChI=1S/C21H20ClN3O3/c1-21(19(26)27-2,15-6-4-3-5-7-15)13-14-8-10-16(11-9-14)28-18-12-17(22)24-20(23)25-18/h3-12H,13H2,1-2H3,(H2,23,24,25)/t21-/m1/s1. The number of nitrogen functional groups attached to an aromatic ring is 1. The predicted molar refractivity (Wildman–Crippen MR) is 107 cm³/mol. The van der Waals surface area contributed by atoms with Gasteiger partial charge in [0, 0.05) is 6.07 Å². The topological polar surface area (TPSA) is 87.3 Å². The van der Waals surface area contributed by atoms with E-state index in [2.05, 4.69) is 9.97 Å². The Morgan fingerprint density at radius 2 is 1.79 bits per heavy atom. The van der Waals surface area contributed by atoms with E-state index in [1.54, 1.807) is 12.1 Å². The Labute approximate surface area is 168 Å². The fourth-order valence-corrected chi connectivity index (χ4v) is 3.17. The minimum Gasteiger partial charge on any atom is -0.468 e. The number of methoxy groups -OCH3 is 1. The SMILES string of the molecule is COC(=O)[C@](C)(Cc1ccc(Oc2cc(Cl)nc(N)n2)cc1)c1ccccc1. The Hall–Kier alpha value is -3.12. The maximum atomic E-state index is 12.5. The zero-order chi connectivity index (χ0) is 20.1. The molecule has 1 heterocycles. The molecule has 0 aliphatic rings. The van der Waals surface area contributed by atoms with Crippen LogP contribution in [0.3, 0.4) is 0 Å². The molecular weight excluding hydrogens is 378 g/mol. The molecule has 28 heavy (non-hydrogen) atoms. The second-order valence-corrected chi connectivity index (χ2v) is 6.89. The van der Waals surface area contributed by atoms with Crippen molar-refractivity contribution in [1.82, 2.24) is 9.97 Å². The largest absolute Gasteiger partial charge is 0.468 e. The molecular formula is C21H20ClN3O3. The van der Waals surface area contributed by atoms with Gasteiger partial charge in [0.25, 0.3) is 0 Å². The lowest BCUT2D eigenvalue weighted by molar-refractivity contribution is -0.146. The van der Waals surface area contributed by atoms with Crippen LogP contribution in [0.15, 0.2) is 60.7 Å². The van der Waals surface area contributed by atoms with Crippen LogP contribution in [0.5, 0.6) is 11.6 Å². The number of hydrogen-bond donors (Lipinski definition) is 1. The lowest BCUT2D eigenvalue weighted by atomic mass is 9.77. The lowest BCUT2D eigenvalue weighted by Crippen LogP contribution is -2.36. The number of ether oxygens (including phenoxy) is 2. The third-order valence-corrected chi connectivity index (χ3v) is 4.63. The fourth-order valence-electron chi connectivity index (χ4n) is 2.99. The molecule has 3 rings (SSSR count). The molecule has 0 unspecified atom stereocenters. The van der Waals surface area contributed by atoms with E-state index in [4.69, 9.17) is 26.8 Å². The quantitative estimate of drug-likeness (QED) is 0.496. The third-order valence-electron chi connectivity index (χ3n) is 4.44. The van der Waals surface area contributed by atoms with Crippen molar-refractivity contribution in [3.05, 3.63) is 76.9 Å². The van der Waals surface area contributed by atoms with Crippen LogP contribution in [0.1, 0.15) is 18.1 Å². The van der Waals surface area contributed by atoms with Gasteiger partial charge in [0.05, 0.1) is 12.5 Å². The first-order valence-electron chi connectivity index (χ1n) is 8.61. The highest BCUT2D eigenvalue weighted by Gasteiger charge is 2.36. The summed E-state index contributed by atoms with van der Waals surface area (Å²) in [6.45, 7) is 1.88. The average molecular weight is 398 g/mol. The molecule has 0 saturated heterocycles. The molecule has 144 valence electrons. The van der Waals surface area contributed by atoms with E-state index in [1.807, 2.05) is 49.4 Å². The average Bonchev–Trinajstić information content (AvgIpc) is 2.68. The zero-order valence-electron chi connectivity index (χ0n) is 15.6. The summed E-state index contributed by atoms with van der Waals surface area (Å²) in [6, 6.07) is 18.5. The Morgan fingerprint density at radius 3 is 2.39 bits per heavy atom. The maximum Gasteiger partial charge on any atom is 0.316 e. The lowest BCUT2D eigenvalue weighted by Gasteiger charge is -2.27. The maximum absolute atomic E-state index is 12.5. The van der Waals surface area contributed by atoms with Crippen molar-refractivity contribution >= 4 is 23.5 Å². The van der Waals surface area contributed by atoms with Gasteiger partial charge in [-0.15, -0.1) is 0 Å². The monoisotopic (exact) mass is 397 g/mol. The number of rotatable bonds is 6. The number of carbonyl (C=O) groups excluding carboxylic acids is 1. The van der Waals surface area contributed by atoms with Crippen LogP contribution in [-0.2, 0) is 21.4 Å². The van der Waals surface area contributed by atoms with Gasteiger partial charge in [0.2, 0.25) is 11.8 Å². The molecule has 0 saturated carbocycles. The van der Waals surface area contributed by atoms with Crippen LogP contribution in [0.2, 0.25) is 5.15 Å². The second-order valence-electron chi connectivity index (χ2n) is 6.50. The van der Waals surface area contributed by atoms with E-state index >= 15 is 0 Å². The molecule has 0 aliphatic carbocycles. The summed E-state index contributed by atoms with van der Waals surface area (Å²) in [5.41, 5.74) is 6.63. The van der Waals surface area contributed by atoms with E-state index < -0.39 is 5.41 Å². The minimum absolute atomic E-state index is 0.0378. The molecule has 0 amide bonds. The summed E-state index contributed by atoms with van der Waals surface area (Å²) in [7, 11) is 1.40. The van der Waals surface area contributed by atoms with Crippen LogP contribution in [0.4, 0.5) is 5.95 Å². The Balaban J connectivity index is 1.81. The number of nitrogens with zero attached hydrogens (tertiary/aromatic N) is 2. The van der Waals surface area contributed by atoms with Gasteiger partial charge in [-0.25, -0.2) is 4.98 Å². The normalized spacial score (nSPS) is 12.8. The molecule has 0 fully saturated rings. The summed E-state index contributed by atoms with van der Waals surface area (Å²) in [5, 5.41) is 0.204. The number of carbonyl (C=O) groups is 1. The van der Waals surface area contributed by atoms with Crippen LogP contribution in [0, 0.1) is 0 Å². The van der Waals surface area contributed by atoms with Gasteiger partial charge in [-0.1, -0.05) is 54.1 Å². The van der Waals surface area contributed by atoms with Gasteiger partial charge in [-0.3, -0.25) is 4.79 Å². The van der Waals surface area contributed by atoms with Gasteiger partial charge in [0.1, 0.15) is 10.9 Å². The molecule has 0 spiro atoms. The Morgan fingerprint density at radius 1 is 1.11 bits per heavy atom. The first-order chi connectivity index (χ1) is 13.4. The molecule has 3 aromatic rings. The summed E-state index contributed by atoms with van der Waals surface area (Å²) in [6.07, 6.45) is 0.482. The fraction of sp³-hybridized carbons (Fsp3) is 0.190.